The number of anilines is 1. The quantitative estimate of drug-likeness (QED) is 0.730. The zero-order valence-corrected chi connectivity index (χ0v) is 17.6. The van der Waals surface area contributed by atoms with Crippen LogP contribution >= 0.6 is 12.4 Å². The molecule has 1 aromatic rings. The van der Waals surface area contributed by atoms with E-state index >= 15 is 0 Å². The van der Waals surface area contributed by atoms with Crippen LogP contribution in [0.5, 0.6) is 17.2 Å². The maximum Gasteiger partial charge on any atom is 0.225 e. The summed E-state index contributed by atoms with van der Waals surface area (Å²) in [6.07, 6.45) is 1.38. The number of piperidine rings is 1. The highest BCUT2D eigenvalue weighted by Crippen LogP contribution is 2.40. The highest BCUT2D eigenvalue weighted by Gasteiger charge is 2.33. The number of hydrogen-bond acceptors (Lipinski definition) is 6. The summed E-state index contributed by atoms with van der Waals surface area (Å²) in [6.45, 7) is 6.92. The van der Waals surface area contributed by atoms with E-state index in [1.807, 2.05) is 0 Å². The first-order valence-corrected chi connectivity index (χ1v) is 8.88. The number of likely N-dealkylation sites (tertiary alicyclic amines) is 1. The second-order valence-electron chi connectivity index (χ2n) is 7.37. The summed E-state index contributed by atoms with van der Waals surface area (Å²) in [7, 11) is 4.64. The summed E-state index contributed by atoms with van der Waals surface area (Å²) in [4.78, 5) is 14.7. The van der Waals surface area contributed by atoms with Crippen molar-refractivity contribution in [3.8, 4) is 17.2 Å². The van der Waals surface area contributed by atoms with Gasteiger partial charge in [0.2, 0.25) is 11.7 Å². The minimum atomic E-state index is -0.0491. The number of nitrogens with zero attached hydrogens (tertiary/aromatic N) is 1. The summed E-state index contributed by atoms with van der Waals surface area (Å²) >= 11 is 0. The molecule has 0 radical (unpaired) electrons. The minimum absolute atomic E-state index is 0. The van der Waals surface area contributed by atoms with Gasteiger partial charge in [0.25, 0.3) is 0 Å². The molecule has 0 saturated carbocycles. The van der Waals surface area contributed by atoms with E-state index in [0.29, 0.717) is 35.9 Å². The van der Waals surface area contributed by atoms with Gasteiger partial charge in [-0.3, -0.25) is 4.79 Å². The standard InChI is InChI=1S/C19H31N3O4.ClH/c1-19(2)12-22(8-6-16(19)20)9-7-17(23)21-13-10-14(24-3)18(26-5)15(11-13)25-4;/h10-11,16H,6-9,12,20H2,1-5H3,(H,21,23);1H. The number of ether oxygens (including phenoxy) is 3. The molecule has 0 spiro atoms. The van der Waals surface area contributed by atoms with Crippen molar-refractivity contribution in [3.63, 3.8) is 0 Å². The Hall–Kier alpha value is -1.70. The Balaban J connectivity index is 0.00000364. The van der Waals surface area contributed by atoms with Crippen molar-refractivity contribution in [1.29, 1.82) is 0 Å². The van der Waals surface area contributed by atoms with Crippen molar-refractivity contribution < 1.29 is 19.0 Å². The van der Waals surface area contributed by atoms with Crippen molar-refractivity contribution in [1.82, 2.24) is 4.90 Å². The maximum atomic E-state index is 12.4. The predicted molar refractivity (Wildman–Crippen MR) is 109 cm³/mol. The SMILES string of the molecule is COc1cc(NC(=O)CCN2CCC(N)C(C)(C)C2)cc(OC)c1OC.Cl. The molecular formula is C19H32ClN3O4. The average molecular weight is 402 g/mol. The third-order valence-electron chi connectivity index (χ3n) is 4.99. The van der Waals surface area contributed by atoms with Crippen molar-refractivity contribution in [2.45, 2.75) is 32.7 Å². The highest BCUT2D eigenvalue weighted by molar-refractivity contribution is 5.91. The van der Waals surface area contributed by atoms with Crippen LogP contribution in [0, 0.1) is 5.41 Å². The summed E-state index contributed by atoms with van der Waals surface area (Å²) < 4.78 is 15.9. The van der Waals surface area contributed by atoms with Gasteiger partial charge in [-0.15, -0.1) is 12.4 Å². The lowest BCUT2D eigenvalue weighted by Gasteiger charge is -2.42. The Labute approximate surface area is 167 Å². The molecular weight excluding hydrogens is 370 g/mol. The third kappa shape index (κ3) is 5.89. The fourth-order valence-electron chi connectivity index (χ4n) is 3.31. The monoisotopic (exact) mass is 401 g/mol. The number of hydrogen-bond donors (Lipinski definition) is 2. The number of rotatable bonds is 7. The molecule has 0 aliphatic carbocycles. The lowest BCUT2D eigenvalue weighted by atomic mass is 9.80. The largest absolute Gasteiger partial charge is 0.493 e. The predicted octanol–water partition coefficient (Wildman–Crippen LogP) is 2.52. The Bertz CT molecular complexity index is 614. The van der Waals surface area contributed by atoms with Gasteiger partial charge in [-0.1, -0.05) is 13.8 Å². The fourth-order valence-corrected chi connectivity index (χ4v) is 3.31. The molecule has 1 heterocycles. The molecule has 154 valence electrons. The van der Waals surface area contributed by atoms with Crippen LogP contribution in [-0.4, -0.2) is 57.8 Å². The Morgan fingerprint density at radius 2 is 1.81 bits per heavy atom. The molecule has 1 fully saturated rings. The van der Waals surface area contributed by atoms with Crippen LogP contribution in [0.2, 0.25) is 0 Å². The van der Waals surface area contributed by atoms with Crippen LogP contribution in [0.25, 0.3) is 0 Å². The van der Waals surface area contributed by atoms with Crippen LogP contribution in [0.3, 0.4) is 0 Å². The lowest BCUT2D eigenvalue weighted by molar-refractivity contribution is -0.116. The Kier molecular flexibility index (Phi) is 8.65. The molecule has 1 amide bonds. The molecule has 1 atom stereocenters. The zero-order valence-electron chi connectivity index (χ0n) is 16.8. The molecule has 27 heavy (non-hydrogen) atoms. The third-order valence-corrected chi connectivity index (χ3v) is 4.99. The van der Waals surface area contributed by atoms with Crippen molar-refractivity contribution in [3.05, 3.63) is 12.1 Å². The van der Waals surface area contributed by atoms with E-state index < -0.39 is 0 Å². The summed E-state index contributed by atoms with van der Waals surface area (Å²) in [5, 5.41) is 2.91. The smallest absolute Gasteiger partial charge is 0.225 e. The first-order valence-electron chi connectivity index (χ1n) is 8.88. The minimum Gasteiger partial charge on any atom is -0.493 e. The Morgan fingerprint density at radius 1 is 1.22 bits per heavy atom. The van der Waals surface area contributed by atoms with E-state index in [1.165, 1.54) is 0 Å². The van der Waals surface area contributed by atoms with E-state index in [0.717, 1.165) is 19.5 Å². The molecule has 3 N–H and O–H groups in total. The van der Waals surface area contributed by atoms with E-state index in [2.05, 4.69) is 24.1 Å². The van der Waals surface area contributed by atoms with Crippen molar-refractivity contribution >= 4 is 24.0 Å². The number of carbonyl (C=O) groups is 1. The van der Waals surface area contributed by atoms with Gasteiger partial charge in [0.1, 0.15) is 0 Å². The number of amides is 1. The van der Waals surface area contributed by atoms with E-state index in [4.69, 9.17) is 19.9 Å². The second kappa shape index (κ2) is 10.0. The first kappa shape index (κ1) is 23.3. The molecule has 1 unspecified atom stereocenters. The average Bonchev–Trinajstić information content (AvgIpc) is 2.61. The number of carbonyl (C=O) groups excluding carboxylic acids is 1. The van der Waals surface area contributed by atoms with Gasteiger partial charge in [-0.25, -0.2) is 0 Å². The topological polar surface area (TPSA) is 86.1 Å². The molecule has 1 saturated heterocycles. The number of methoxy groups -OCH3 is 3. The summed E-state index contributed by atoms with van der Waals surface area (Å²) in [5.41, 5.74) is 6.86. The normalized spacial score (nSPS) is 19.0. The first-order chi connectivity index (χ1) is 12.3. The Morgan fingerprint density at radius 3 is 2.30 bits per heavy atom. The number of benzene rings is 1. The van der Waals surface area contributed by atoms with Crippen molar-refractivity contribution in [2.75, 3.05) is 46.3 Å². The second-order valence-corrected chi connectivity index (χ2v) is 7.37. The molecule has 2 rings (SSSR count). The number of nitrogens with one attached hydrogen (secondary N) is 1. The molecule has 1 aliphatic rings. The molecule has 0 aromatic heterocycles. The summed E-state index contributed by atoms with van der Waals surface area (Å²) in [6, 6.07) is 3.66. The van der Waals surface area contributed by atoms with Gasteiger partial charge < -0.3 is 30.2 Å². The van der Waals surface area contributed by atoms with Crippen LogP contribution in [0.4, 0.5) is 5.69 Å². The molecule has 1 aliphatic heterocycles. The van der Waals surface area contributed by atoms with Gasteiger partial charge in [0.05, 0.1) is 21.3 Å². The van der Waals surface area contributed by atoms with Crippen LogP contribution in [-0.2, 0) is 4.79 Å². The van der Waals surface area contributed by atoms with Crippen LogP contribution < -0.4 is 25.3 Å². The van der Waals surface area contributed by atoms with Crippen LogP contribution in [0.1, 0.15) is 26.7 Å². The van der Waals surface area contributed by atoms with E-state index in [1.54, 1.807) is 33.5 Å². The molecule has 0 bridgehead atoms. The number of nitrogens with two attached hydrogens (primary N) is 1. The highest BCUT2D eigenvalue weighted by atomic mass is 35.5. The number of halogens is 1. The maximum absolute atomic E-state index is 12.4. The van der Waals surface area contributed by atoms with Gasteiger partial charge >= 0.3 is 0 Å². The van der Waals surface area contributed by atoms with Gasteiger partial charge in [-0.05, 0) is 18.4 Å². The van der Waals surface area contributed by atoms with Gasteiger partial charge in [0, 0.05) is 43.4 Å². The van der Waals surface area contributed by atoms with Crippen molar-refractivity contribution in [2.24, 2.45) is 11.1 Å². The van der Waals surface area contributed by atoms with Gasteiger partial charge in [-0.2, -0.15) is 0 Å². The molecule has 7 nitrogen and oxygen atoms in total. The van der Waals surface area contributed by atoms with Gasteiger partial charge in [0.15, 0.2) is 11.5 Å². The van der Waals surface area contributed by atoms with Crippen LogP contribution in [0.15, 0.2) is 12.1 Å². The van der Waals surface area contributed by atoms with E-state index in [9.17, 15) is 4.79 Å². The fraction of sp³-hybridized carbons (Fsp3) is 0.632. The summed E-state index contributed by atoms with van der Waals surface area (Å²) in [5.74, 6) is 1.47. The molecule has 1 aromatic carbocycles. The zero-order chi connectivity index (χ0) is 19.3. The van der Waals surface area contributed by atoms with E-state index in [-0.39, 0.29) is 29.8 Å². The lowest BCUT2D eigenvalue weighted by Crippen LogP contribution is -2.52. The molecule has 8 heteroatoms.